The van der Waals surface area contributed by atoms with Gasteiger partial charge in [-0.1, -0.05) is 19.0 Å². The molecule has 1 aromatic rings. The van der Waals surface area contributed by atoms with E-state index in [0.717, 1.165) is 19.3 Å². The van der Waals surface area contributed by atoms with Gasteiger partial charge >= 0.3 is 0 Å². The summed E-state index contributed by atoms with van der Waals surface area (Å²) in [5.41, 5.74) is 5.76. The molecule has 0 aromatic heterocycles. The standard InChI is InChI=1S/C15H21FN2O2/c1-9-3-5-12(7-10(9)2)20-14-6-4-11(8-13(14)16)15(17)18-19/h4,6,8-10,12,19H,3,5,7H2,1-2H3,(H2,17,18). The van der Waals surface area contributed by atoms with E-state index in [-0.39, 0.29) is 17.7 Å². The highest BCUT2D eigenvalue weighted by atomic mass is 19.1. The van der Waals surface area contributed by atoms with Crippen LogP contribution in [0, 0.1) is 17.7 Å². The lowest BCUT2D eigenvalue weighted by Crippen LogP contribution is -2.29. The third-order valence-electron chi connectivity index (χ3n) is 4.18. The topological polar surface area (TPSA) is 67.8 Å². The van der Waals surface area contributed by atoms with Gasteiger partial charge in [0.15, 0.2) is 17.4 Å². The Kier molecular flexibility index (Phi) is 4.47. The first-order valence-electron chi connectivity index (χ1n) is 6.95. The van der Waals surface area contributed by atoms with Crippen LogP contribution >= 0.6 is 0 Å². The molecule has 5 heteroatoms. The number of halogens is 1. The lowest BCUT2D eigenvalue weighted by molar-refractivity contribution is 0.0968. The number of benzene rings is 1. The number of hydrogen-bond donors (Lipinski definition) is 2. The van der Waals surface area contributed by atoms with Gasteiger partial charge in [-0.05, 0) is 49.3 Å². The minimum Gasteiger partial charge on any atom is -0.487 e. The number of oxime groups is 1. The van der Waals surface area contributed by atoms with Crippen molar-refractivity contribution in [2.24, 2.45) is 22.7 Å². The summed E-state index contributed by atoms with van der Waals surface area (Å²) in [6.07, 6.45) is 3.07. The fourth-order valence-corrected chi connectivity index (χ4v) is 2.60. The van der Waals surface area contributed by atoms with Crippen molar-refractivity contribution in [3.8, 4) is 5.75 Å². The zero-order valence-corrected chi connectivity index (χ0v) is 11.8. The lowest BCUT2D eigenvalue weighted by atomic mass is 9.80. The Morgan fingerprint density at radius 3 is 2.70 bits per heavy atom. The smallest absolute Gasteiger partial charge is 0.170 e. The summed E-state index contributed by atoms with van der Waals surface area (Å²) in [4.78, 5) is 0. The average Bonchev–Trinajstić information content (AvgIpc) is 2.44. The van der Waals surface area contributed by atoms with Crippen molar-refractivity contribution in [3.05, 3.63) is 29.6 Å². The largest absolute Gasteiger partial charge is 0.487 e. The zero-order valence-electron chi connectivity index (χ0n) is 11.8. The van der Waals surface area contributed by atoms with E-state index in [1.807, 2.05) is 0 Å². The van der Waals surface area contributed by atoms with Crippen LogP contribution < -0.4 is 10.5 Å². The maximum absolute atomic E-state index is 14.0. The van der Waals surface area contributed by atoms with Gasteiger partial charge < -0.3 is 15.7 Å². The molecule has 1 aromatic carbocycles. The van der Waals surface area contributed by atoms with Gasteiger partial charge in [0, 0.05) is 5.56 Å². The monoisotopic (exact) mass is 280 g/mol. The van der Waals surface area contributed by atoms with Crippen LogP contribution in [-0.2, 0) is 0 Å². The predicted octanol–water partition coefficient (Wildman–Crippen LogP) is 3.12. The van der Waals surface area contributed by atoms with Crippen molar-refractivity contribution in [2.45, 2.75) is 39.2 Å². The van der Waals surface area contributed by atoms with Crippen LogP contribution in [0.3, 0.4) is 0 Å². The molecule has 0 saturated heterocycles. The summed E-state index contributed by atoms with van der Waals surface area (Å²) in [6, 6.07) is 4.34. The molecule has 0 radical (unpaired) electrons. The summed E-state index contributed by atoms with van der Waals surface area (Å²) in [6.45, 7) is 4.45. The molecule has 0 heterocycles. The molecule has 1 aliphatic rings. The SMILES string of the molecule is CC1CCC(Oc2ccc(C(N)=NO)cc2F)CC1C. The van der Waals surface area contributed by atoms with Gasteiger partial charge in [-0.2, -0.15) is 0 Å². The van der Waals surface area contributed by atoms with Gasteiger partial charge in [0.25, 0.3) is 0 Å². The van der Waals surface area contributed by atoms with E-state index in [9.17, 15) is 4.39 Å². The molecule has 0 aliphatic heterocycles. The molecule has 0 amide bonds. The van der Waals surface area contributed by atoms with Crippen molar-refractivity contribution in [3.63, 3.8) is 0 Å². The Morgan fingerprint density at radius 1 is 1.35 bits per heavy atom. The molecule has 3 atom stereocenters. The summed E-state index contributed by atoms with van der Waals surface area (Å²) >= 11 is 0. The van der Waals surface area contributed by atoms with Crippen LogP contribution in [0.25, 0.3) is 0 Å². The minimum atomic E-state index is -0.486. The van der Waals surface area contributed by atoms with E-state index < -0.39 is 5.82 Å². The van der Waals surface area contributed by atoms with E-state index in [1.165, 1.54) is 12.1 Å². The zero-order chi connectivity index (χ0) is 14.7. The summed E-state index contributed by atoms with van der Waals surface area (Å²) < 4.78 is 19.7. The Labute approximate surface area is 118 Å². The second-order valence-corrected chi connectivity index (χ2v) is 5.64. The van der Waals surface area contributed by atoms with Crippen LogP contribution in [0.15, 0.2) is 23.4 Å². The third-order valence-corrected chi connectivity index (χ3v) is 4.18. The number of nitrogens with two attached hydrogens (primary N) is 1. The van der Waals surface area contributed by atoms with Crippen LogP contribution in [0.5, 0.6) is 5.75 Å². The molecule has 0 bridgehead atoms. The molecule has 4 nitrogen and oxygen atoms in total. The third kappa shape index (κ3) is 3.21. The average molecular weight is 280 g/mol. The van der Waals surface area contributed by atoms with Crippen molar-refractivity contribution >= 4 is 5.84 Å². The summed E-state index contributed by atoms with van der Waals surface area (Å²) in [5.74, 6) is 0.915. The second-order valence-electron chi connectivity index (χ2n) is 5.64. The molecule has 1 fully saturated rings. The number of amidine groups is 1. The fraction of sp³-hybridized carbons (Fsp3) is 0.533. The quantitative estimate of drug-likeness (QED) is 0.387. The van der Waals surface area contributed by atoms with E-state index >= 15 is 0 Å². The van der Waals surface area contributed by atoms with Crippen LogP contribution in [0.2, 0.25) is 0 Å². The van der Waals surface area contributed by atoms with Crippen LogP contribution in [0.4, 0.5) is 4.39 Å². The highest BCUT2D eigenvalue weighted by Crippen LogP contribution is 2.32. The van der Waals surface area contributed by atoms with Gasteiger partial charge in [0.2, 0.25) is 0 Å². The molecule has 20 heavy (non-hydrogen) atoms. The highest BCUT2D eigenvalue weighted by Gasteiger charge is 2.26. The maximum Gasteiger partial charge on any atom is 0.170 e. The summed E-state index contributed by atoms with van der Waals surface area (Å²) in [5, 5.41) is 11.4. The Morgan fingerprint density at radius 2 is 2.10 bits per heavy atom. The van der Waals surface area contributed by atoms with E-state index in [4.69, 9.17) is 15.7 Å². The molecular weight excluding hydrogens is 259 g/mol. The first kappa shape index (κ1) is 14.6. The Balaban J connectivity index is 2.07. The molecule has 2 rings (SSSR count). The second kappa shape index (κ2) is 6.11. The minimum absolute atomic E-state index is 0.0606. The molecule has 110 valence electrons. The first-order chi connectivity index (χ1) is 9.51. The molecular formula is C15H21FN2O2. The normalized spacial score (nSPS) is 27.4. The van der Waals surface area contributed by atoms with E-state index in [0.29, 0.717) is 17.4 Å². The Bertz CT molecular complexity index is 505. The van der Waals surface area contributed by atoms with E-state index in [2.05, 4.69) is 19.0 Å². The highest BCUT2D eigenvalue weighted by molar-refractivity contribution is 5.97. The maximum atomic E-state index is 14.0. The molecule has 3 unspecified atom stereocenters. The van der Waals surface area contributed by atoms with Crippen molar-refractivity contribution < 1.29 is 14.3 Å². The Hall–Kier alpha value is -1.78. The number of ether oxygens (including phenoxy) is 1. The molecule has 0 spiro atoms. The molecule has 3 N–H and O–H groups in total. The van der Waals surface area contributed by atoms with Gasteiger partial charge in [-0.15, -0.1) is 0 Å². The van der Waals surface area contributed by atoms with Crippen molar-refractivity contribution in [2.75, 3.05) is 0 Å². The van der Waals surface area contributed by atoms with Crippen molar-refractivity contribution in [1.82, 2.24) is 0 Å². The van der Waals surface area contributed by atoms with E-state index in [1.54, 1.807) is 6.07 Å². The molecule has 1 saturated carbocycles. The lowest BCUT2D eigenvalue weighted by Gasteiger charge is -2.32. The molecule has 1 aliphatic carbocycles. The fourth-order valence-electron chi connectivity index (χ4n) is 2.60. The van der Waals surface area contributed by atoms with Crippen molar-refractivity contribution in [1.29, 1.82) is 0 Å². The van der Waals surface area contributed by atoms with Crippen LogP contribution in [0.1, 0.15) is 38.7 Å². The van der Waals surface area contributed by atoms with Gasteiger partial charge in [0.1, 0.15) is 0 Å². The number of nitrogens with zero attached hydrogens (tertiary/aromatic N) is 1. The van der Waals surface area contributed by atoms with Gasteiger partial charge in [-0.3, -0.25) is 0 Å². The van der Waals surface area contributed by atoms with Gasteiger partial charge in [-0.25, -0.2) is 4.39 Å². The number of hydrogen-bond acceptors (Lipinski definition) is 3. The predicted molar refractivity (Wildman–Crippen MR) is 75.5 cm³/mol. The summed E-state index contributed by atoms with van der Waals surface area (Å²) in [7, 11) is 0. The van der Waals surface area contributed by atoms with Gasteiger partial charge in [0.05, 0.1) is 6.10 Å². The first-order valence-corrected chi connectivity index (χ1v) is 6.95. The number of rotatable bonds is 3. The van der Waals surface area contributed by atoms with Crippen LogP contribution in [-0.4, -0.2) is 17.1 Å².